The number of nitrogens with one attached hydrogen (secondary N) is 1. The van der Waals surface area contributed by atoms with Crippen molar-refractivity contribution >= 4 is 0 Å². The first-order valence-corrected chi connectivity index (χ1v) is 8.66. The lowest BCUT2D eigenvalue weighted by Gasteiger charge is -2.42. The molecule has 0 bridgehead atoms. The second-order valence-corrected chi connectivity index (χ2v) is 7.54. The summed E-state index contributed by atoms with van der Waals surface area (Å²) in [5, 5.41) is 3.46. The summed E-state index contributed by atoms with van der Waals surface area (Å²) < 4.78 is 0. The molecule has 2 aromatic rings. The zero-order valence-corrected chi connectivity index (χ0v) is 14.5. The van der Waals surface area contributed by atoms with Crippen LogP contribution < -0.4 is 5.32 Å². The minimum atomic E-state index is 0.228. The molecule has 0 amide bonds. The zero-order valence-electron chi connectivity index (χ0n) is 14.5. The Hall–Kier alpha value is -1.64. The molecular weight excluding hydrogens is 280 g/mol. The summed E-state index contributed by atoms with van der Waals surface area (Å²) in [6.07, 6.45) is 0. The van der Waals surface area contributed by atoms with E-state index in [1.54, 1.807) is 0 Å². The van der Waals surface area contributed by atoms with Gasteiger partial charge >= 0.3 is 0 Å². The summed E-state index contributed by atoms with van der Waals surface area (Å²) in [5.74, 6) is 0. The predicted molar refractivity (Wildman–Crippen MR) is 98.5 cm³/mol. The molecule has 0 aromatic heterocycles. The first-order chi connectivity index (χ1) is 11.1. The van der Waals surface area contributed by atoms with Crippen LogP contribution in [-0.2, 0) is 0 Å². The van der Waals surface area contributed by atoms with Crippen LogP contribution >= 0.6 is 0 Å². The van der Waals surface area contributed by atoms with Crippen molar-refractivity contribution in [3.63, 3.8) is 0 Å². The van der Waals surface area contributed by atoms with Crippen LogP contribution in [0.1, 0.15) is 32.4 Å². The maximum absolute atomic E-state index is 3.46. The van der Waals surface area contributed by atoms with E-state index in [-0.39, 0.29) is 5.41 Å². The van der Waals surface area contributed by atoms with Gasteiger partial charge in [-0.15, -0.1) is 0 Å². The van der Waals surface area contributed by atoms with Gasteiger partial charge in [0.2, 0.25) is 0 Å². The standard InChI is InChI=1S/C21H28N2/c1-21(2,3)20(23-15-13-22-14-16-23)19-11-9-18(10-12-19)17-7-5-4-6-8-17/h4-12,20,22H,13-16H2,1-3H3/t20-/m1/s1. The Kier molecular flexibility index (Phi) is 4.84. The summed E-state index contributed by atoms with van der Waals surface area (Å²) in [4.78, 5) is 2.63. The van der Waals surface area contributed by atoms with Gasteiger partial charge < -0.3 is 5.32 Å². The molecule has 1 aliphatic rings. The summed E-state index contributed by atoms with van der Waals surface area (Å²) in [6.45, 7) is 11.5. The maximum atomic E-state index is 3.46. The van der Waals surface area contributed by atoms with Gasteiger partial charge in [-0.3, -0.25) is 4.90 Å². The van der Waals surface area contributed by atoms with E-state index in [2.05, 4.69) is 85.6 Å². The molecule has 2 aromatic carbocycles. The second kappa shape index (κ2) is 6.86. The highest BCUT2D eigenvalue weighted by Gasteiger charge is 2.32. The number of hydrogen-bond acceptors (Lipinski definition) is 2. The van der Waals surface area contributed by atoms with E-state index < -0.39 is 0 Å². The highest BCUT2D eigenvalue weighted by molar-refractivity contribution is 5.63. The van der Waals surface area contributed by atoms with Gasteiger partial charge in [-0.2, -0.15) is 0 Å². The minimum absolute atomic E-state index is 0.228. The number of rotatable bonds is 3. The second-order valence-electron chi connectivity index (χ2n) is 7.54. The van der Waals surface area contributed by atoms with Crippen molar-refractivity contribution in [2.24, 2.45) is 5.41 Å². The van der Waals surface area contributed by atoms with Crippen molar-refractivity contribution in [1.82, 2.24) is 10.2 Å². The first kappa shape index (κ1) is 16.2. The smallest absolute Gasteiger partial charge is 0.0397 e. The molecule has 23 heavy (non-hydrogen) atoms. The summed E-state index contributed by atoms with van der Waals surface area (Å²) in [5.41, 5.74) is 4.24. The van der Waals surface area contributed by atoms with Gasteiger partial charge in [0, 0.05) is 32.2 Å². The lowest BCUT2D eigenvalue weighted by Crippen LogP contribution is -2.48. The molecule has 122 valence electrons. The van der Waals surface area contributed by atoms with Crippen molar-refractivity contribution < 1.29 is 0 Å². The molecule has 0 spiro atoms. The molecule has 1 atom stereocenters. The van der Waals surface area contributed by atoms with Crippen molar-refractivity contribution in [3.05, 3.63) is 60.2 Å². The Morgan fingerprint density at radius 1 is 0.826 bits per heavy atom. The zero-order chi connectivity index (χ0) is 16.3. The van der Waals surface area contributed by atoms with E-state index in [0.29, 0.717) is 6.04 Å². The molecule has 1 heterocycles. The van der Waals surface area contributed by atoms with Gasteiger partial charge in [-0.05, 0) is 22.1 Å². The normalized spacial score (nSPS) is 17.9. The minimum Gasteiger partial charge on any atom is -0.314 e. The summed E-state index contributed by atoms with van der Waals surface area (Å²) >= 11 is 0. The number of piperazine rings is 1. The molecule has 0 aliphatic carbocycles. The van der Waals surface area contributed by atoms with Gasteiger partial charge in [0.05, 0.1) is 0 Å². The Bertz CT molecular complexity index is 605. The molecule has 0 unspecified atom stereocenters. The Labute approximate surface area is 140 Å². The van der Waals surface area contributed by atoms with Crippen molar-refractivity contribution in [1.29, 1.82) is 0 Å². The van der Waals surface area contributed by atoms with E-state index >= 15 is 0 Å². The highest BCUT2D eigenvalue weighted by Crippen LogP contribution is 2.38. The Morgan fingerprint density at radius 2 is 1.39 bits per heavy atom. The van der Waals surface area contributed by atoms with E-state index in [4.69, 9.17) is 0 Å². The number of benzene rings is 2. The van der Waals surface area contributed by atoms with Gasteiger partial charge in [-0.1, -0.05) is 75.4 Å². The SMILES string of the molecule is CC(C)(C)[C@@H](c1ccc(-c2ccccc2)cc1)N1CCNCC1. The molecular formula is C21H28N2. The van der Waals surface area contributed by atoms with Crippen molar-refractivity contribution in [2.45, 2.75) is 26.8 Å². The fraction of sp³-hybridized carbons (Fsp3) is 0.429. The van der Waals surface area contributed by atoms with Crippen LogP contribution in [0.3, 0.4) is 0 Å². The molecule has 0 saturated carbocycles. The summed E-state index contributed by atoms with van der Waals surface area (Å²) in [7, 11) is 0. The lowest BCUT2D eigenvalue weighted by atomic mass is 9.80. The third-order valence-electron chi connectivity index (χ3n) is 4.67. The third-order valence-corrected chi connectivity index (χ3v) is 4.67. The third kappa shape index (κ3) is 3.82. The maximum Gasteiger partial charge on any atom is 0.0397 e. The molecule has 2 heteroatoms. The average Bonchev–Trinajstić information content (AvgIpc) is 2.56. The fourth-order valence-electron chi connectivity index (χ4n) is 3.69. The quantitative estimate of drug-likeness (QED) is 0.907. The predicted octanol–water partition coefficient (Wildman–Crippen LogP) is 4.35. The Balaban J connectivity index is 1.88. The van der Waals surface area contributed by atoms with Crippen LogP contribution in [0.5, 0.6) is 0 Å². The Morgan fingerprint density at radius 3 is 1.96 bits per heavy atom. The van der Waals surface area contributed by atoms with Crippen molar-refractivity contribution in [2.75, 3.05) is 26.2 Å². The van der Waals surface area contributed by atoms with Crippen LogP contribution in [0, 0.1) is 5.41 Å². The van der Waals surface area contributed by atoms with Gasteiger partial charge in [0.25, 0.3) is 0 Å². The van der Waals surface area contributed by atoms with E-state index in [9.17, 15) is 0 Å². The van der Waals surface area contributed by atoms with Crippen LogP contribution in [0.2, 0.25) is 0 Å². The largest absolute Gasteiger partial charge is 0.314 e. The van der Waals surface area contributed by atoms with Gasteiger partial charge in [0.1, 0.15) is 0 Å². The van der Waals surface area contributed by atoms with Gasteiger partial charge in [0.15, 0.2) is 0 Å². The fourth-order valence-corrected chi connectivity index (χ4v) is 3.69. The van der Waals surface area contributed by atoms with Crippen LogP contribution in [0.4, 0.5) is 0 Å². The van der Waals surface area contributed by atoms with E-state index in [1.807, 2.05) is 0 Å². The summed E-state index contributed by atoms with van der Waals surface area (Å²) in [6, 6.07) is 20.3. The molecule has 1 saturated heterocycles. The van der Waals surface area contributed by atoms with Gasteiger partial charge in [-0.25, -0.2) is 0 Å². The van der Waals surface area contributed by atoms with Crippen LogP contribution in [-0.4, -0.2) is 31.1 Å². The van der Waals surface area contributed by atoms with Crippen molar-refractivity contribution in [3.8, 4) is 11.1 Å². The van der Waals surface area contributed by atoms with E-state index in [0.717, 1.165) is 26.2 Å². The lowest BCUT2D eigenvalue weighted by molar-refractivity contribution is 0.0862. The highest BCUT2D eigenvalue weighted by atomic mass is 15.2. The average molecular weight is 308 g/mol. The number of nitrogens with zero attached hydrogens (tertiary/aromatic N) is 1. The van der Waals surface area contributed by atoms with E-state index in [1.165, 1.54) is 16.7 Å². The molecule has 3 rings (SSSR count). The molecule has 1 fully saturated rings. The molecule has 1 N–H and O–H groups in total. The first-order valence-electron chi connectivity index (χ1n) is 8.66. The number of hydrogen-bond donors (Lipinski definition) is 1. The monoisotopic (exact) mass is 308 g/mol. The molecule has 1 aliphatic heterocycles. The molecule has 0 radical (unpaired) electrons. The van der Waals surface area contributed by atoms with Crippen LogP contribution in [0.25, 0.3) is 11.1 Å². The topological polar surface area (TPSA) is 15.3 Å². The van der Waals surface area contributed by atoms with Crippen LogP contribution in [0.15, 0.2) is 54.6 Å². The molecule has 2 nitrogen and oxygen atoms in total.